The van der Waals surface area contributed by atoms with Gasteiger partial charge in [0.2, 0.25) is 0 Å². The van der Waals surface area contributed by atoms with Gasteiger partial charge in [-0.1, -0.05) is 6.92 Å². The van der Waals surface area contributed by atoms with E-state index in [4.69, 9.17) is 0 Å². The summed E-state index contributed by atoms with van der Waals surface area (Å²) in [7, 11) is 2.29. The van der Waals surface area contributed by atoms with Crippen LogP contribution in [0.25, 0.3) is 0 Å². The van der Waals surface area contributed by atoms with Gasteiger partial charge in [0.15, 0.2) is 0 Å². The van der Waals surface area contributed by atoms with E-state index in [0.29, 0.717) is 0 Å². The molecule has 0 aliphatic carbocycles. The fourth-order valence-corrected chi connectivity index (χ4v) is 4.28. The number of piperazine rings is 1. The van der Waals surface area contributed by atoms with Gasteiger partial charge < -0.3 is 9.80 Å². The van der Waals surface area contributed by atoms with E-state index in [0.717, 1.165) is 18.0 Å². The standard InChI is InChI=1S/C15H29N3/c1-3-17-8-6-13(7-9-17)10-18-14-4-5-15(18)12-16(2)11-14/h13-15H,3-12H2,1-2H3. The third-order valence-corrected chi connectivity index (χ3v) is 5.44. The second-order valence-electron chi connectivity index (χ2n) is 6.68. The highest BCUT2D eigenvalue weighted by Crippen LogP contribution is 2.31. The van der Waals surface area contributed by atoms with Gasteiger partial charge in [0, 0.05) is 31.7 Å². The Labute approximate surface area is 112 Å². The molecule has 2 atom stereocenters. The van der Waals surface area contributed by atoms with Gasteiger partial charge in [0.25, 0.3) is 0 Å². The third kappa shape index (κ3) is 2.59. The number of rotatable bonds is 3. The molecule has 104 valence electrons. The Morgan fingerprint density at radius 2 is 1.56 bits per heavy atom. The monoisotopic (exact) mass is 251 g/mol. The van der Waals surface area contributed by atoms with Crippen LogP contribution in [0.4, 0.5) is 0 Å². The van der Waals surface area contributed by atoms with E-state index < -0.39 is 0 Å². The van der Waals surface area contributed by atoms with Gasteiger partial charge in [-0.05, 0) is 58.3 Å². The normalized spacial score (nSPS) is 36.3. The average Bonchev–Trinajstić information content (AvgIpc) is 2.62. The summed E-state index contributed by atoms with van der Waals surface area (Å²) in [4.78, 5) is 8.01. The molecule has 3 nitrogen and oxygen atoms in total. The number of hydrogen-bond donors (Lipinski definition) is 0. The summed E-state index contributed by atoms with van der Waals surface area (Å²) in [5, 5.41) is 0. The van der Waals surface area contributed by atoms with Crippen molar-refractivity contribution in [3.8, 4) is 0 Å². The maximum absolute atomic E-state index is 2.87. The molecule has 2 unspecified atom stereocenters. The first-order chi connectivity index (χ1) is 8.76. The first-order valence-electron chi connectivity index (χ1n) is 7.93. The Kier molecular flexibility index (Phi) is 3.92. The van der Waals surface area contributed by atoms with Crippen molar-refractivity contribution in [3.63, 3.8) is 0 Å². The van der Waals surface area contributed by atoms with E-state index in [1.165, 1.54) is 65.0 Å². The van der Waals surface area contributed by atoms with E-state index in [2.05, 4.69) is 28.7 Å². The second-order valence-corrected chi connectivity index (χ2v) is 6.68. The van der Waals surface area contributed by atoms with Crippen LogP contribution in [0.5, 0.6) is 0 Å². The molecule has 3 saturated heterocycles. The van der Waals surface area contributed by atoms with Crippen LogP contribution in [0.1, 0.15) is 32.6 Å². The van der Waals surface area contributed by atoms with E-state index in [1.807, 2.05) is 0 Å². The molecule has 3 aliphatic heterocycles. The minimum Gasteiger partial charge on any atom is -0.304 e. The average molecular weight is 251 g/mol. The summed E-state index contributed by atoms with van der Waals surface area (Å²) < 4.78 is 0. The van der Waals surface area contributed by atoms with Crippen molar-refractivity contribution in [1.82, 2.24) is 14.7 Å². The van der Waals surface area contributed by atoms with Crippen LogP contribution >= 0.6 is 0 Å². The SMILES string of the molecule is CCN1CCC(CN2C3CCC2CN(C)C3)CC1. The lowest BCUT2D eigenvalue weighted by molar-refractivity contribution is 0.0540. The van der Waals surface area contributed by atoms with Crippen LogP contribution in [0.3, 0.4) is 0 Å². The van der Waals surface area contributed by atoms with Gasteiger partial charge in [-0.15, -0.1) is 0 Å². The molecule has 3 heterocycles. The molecule has 0 N–H and O–H groups in total. The van der Waals surface area contributed by atoms with Gasteiger partial charge in [-0.3, -0.25) is 4.90 Å². The predicted octanol–water partition coefficient (Wildman–Crippen LogP) is 1.50. The molecule has 0 spiro atoms. The lowest BCUT2D eigenvalue weighted by atomic mass is 9.95. The summed E-state index contributed by atoms with van der Waals surface area (Å²) in [5.41, 5.74) is 0. The minimum atomic E-state index is 0.873. The molecule has 0 aromatic carbocycles. The van der Waals surface area contributed by atoms with Crippen molar-refractivity contribution in [2.24, 2.45) is 5.92 Å². The first-order valence-corrected chi connectivity index (χ1v) is 7.93. The first kappa shape index (κ1) is 12.9. The smallest absolute Gasteiger partial charge is 0.0227 e. The van der Waals surface area contributed by atoms with Gasteiger partial charge in [-0.2, -0.15) is 0 Å². The Morgan fingerprint density at radius 3 is 2.11 bits per heavy atom. The topological polar surface area (TPSA) is 9.72 Å². The molecule has 3 rings (SSSR count). The summed E-state index contributed by atoms with van der Waals surface area (Å²) in [6, 6.07) is 1.75. The predicted molar refractivity (Wildman–Crippen MR) is 75.9 cm³/mol. The number of nitrogens with zero attached hydrogens (tertiary/aromatic N) is 3. The Morgan fingerprint density at radius 1 is 0.944 bits per heavy atom. The summed E-state index contributed by atoms with van der Waals surface area (Å²) in [5.74, 6) is 0.972. The van der Waals surface area contributed by atoms with Crippen LogP contribution in [-0.4, -0.2) is 73.1 Å². The highest BCUT2D eigenvalue weighted by atomic mass is 15.3. The zero-order valence-corrected chi connectivity index (χ0v) is 12.1. The van der Waals surface area contributed by atoms with Crippen LogP contribution in [0.2, 0.25) is 0 Å². The summed E-state index contributed by atoms with van der Waals surface area (Å²) in [6.07, 6.45) is 5.75. The fourth-order valence-electron chi connectivity index (χ4n) is 4.28. The molecular weight excluding hydrogens is 222 g/mol. The third-order valence-electron chi connectivity index (χ3n) is 5.44. The van der Waals surface area contributed by atoms with Crippen LogP contribution in [-0.2, 0) is 0 Å². The molecule has 0 aromatic rings. The molecule has 0 radical (unpaired) electrons. The van der Waals surface area contributed by atoms with E-state index in [1.54, 1.807) is 0 Å². The molecule has 3 aliphatic rings. The van der Waals surface area contributed by atoms with Crippen LogP contribution in [0, 0.1) is 5.92 Å². The Bertz CT molecular complexity index is 259. The van der Waals surface area contributed by atoms with Gasteiger partial charge in [-0.25, -0.2) is 0 Å². The van der Waals surface area contributed by atoms with Crippen molar-refractivity contribution < 1.29 is 0 Å². The number of likely N-dealkylation sites (tertiary alicyclic amines) is 2. The van der Waals surface area contributed by atoms with E-state index in [-0.39, 0.29) is 0 Å². The molecule has 0 aromatic heterocycles. The maximum Gasteiger partial charge on any atom is 0.0227 e. The van der Waals surface area contributed by atoms with Crippen molar-refractivity contribution in [3.05, 3.63) is 0 Å². The fraction of sp³-hybridized carbons (Fsp3) is 1.00. The number of fused-ring (bicyclic) bond motifs is 2. The Hall–Kier alpha value is -0.120. The second kappa shape index (κ2) is 5.48. The molecule has 2 bridgehead atoms. The highest BCUT2D eigenvalue weighted by Gasteiger charge is 2.39. The number of piperidine rings is 1. The molecule has 3 heteroatoms. The highest BCUT2D eigenvalue weighted by molar-refractivity contribution is 4.96. The minimum absolute atomic E-state index is 0.873. The van der Waals surface area contributed by atoms with Crippen molar-refractivity contribution in [2.45, 2.75) is 44.7 Å². The maximum atomic E-state index is 2.87. The van der Waals surface area contributed by atoms with Crippen LogP contribution in [0.15, 0.2) is 0 Å². The number of hydrogen-bond acceptors (Lipinski definition) is 3. The lowest BCUT2D eigenvalue weighted by Gasteiger charge is -2.42. The Balaban J connectivity index is 1.52. The van der Waals surface area contributed by atoms with Gasteiger partial charge >= 0.3 is 0 Å². The summed E-state index contributed by atoms with van der Waals surface area (Å²) in [6.45, 7) is 10.2. The van der Waals surface area contributed by atoms with E-state index >= 15 is 0 Å². The van der Waals surface area contributed by atoms with Gasteiger partial charge in [0.05, 0.1) is 0 Å². The van der Waals surface area contributed by atoms with Crippen molar-refractivity contribution in [1.29, 1.82) is 0 Å². The zero-order valence-electron chi connectivity index (χ0n) is 12.1. The number of likely N-dealkylation sites (N-methyl/N-ethyl adjacent to an activating group) is 1. The molecule has 0 saturated carbocycles. The van der Waals surface area contributed by atoms with Crippen molar-refractivity contribution in [2.75, 3.05) is 46.3 Å². The van der Waals surface area contributed by atoms with Crippen molar-refractivity contribution >= 4 is 0 Å². The summed E-state index contributed by atoms with van der Waals surface area (Å²) >= 11 is 0. The zero-order chi connectivity index (χ0) is 12.5. The van der Waals surface area contributed by atoms with Gasteiger partial charge in [0.1, 0.15) is 0 Å². The van der Waals surface area contributed by atoms with E-state index in [9.17, 15) is 0 Å². The lowest BCUT2D eigenvalue weighted by Crippen LogP contribution is -2.54. The molecule has 3 fully saturated rings. The quantitative estimate of drug-likeness (QED) is 0.752. The molecule has 0 amide bonds. The van der Waals surface area contributed by atoms with Crippen LogP contribution < -0.4 is 0 Å². The molecule has 18 heavy (non-hydrogen) atoms. The molecular formula is C15H29N3. The largest absolute Gasteiger partial charge is 0.304 e.